The van der Waals surface area contributed by atoms with Gasteiger partial charge in [-0.2, -0.15) is 5.10 Å². The van der Waals surface area contributed by atoms with Crippen LogP contribution in [0.4, 0.5) is 19.3 Å². The Hall–Kier alpha value is -3.12. The number of halogens is 2. The molecule has 0 aliphatic carbocycles. The highest BCUT2D eigenvalue weighted by Gasteiger charge is 2.63. The number of urea groups is 1. The number of morpholine rings is 2. The van der Waals surface area contributed by atoms with Gasteiger partial charge in [-0.1, -0.05) is 0 Å². The molecule has 1 unspecified atom stereocenters. The predicted molar refractivity (Wildman–Crippen MR) is 116 cm³/mol. The van der Waals surface area contributed by atoms with E-state index in [-0.39, 0.29) is 36.0 Å². The summed E-state index contributed by atoms with van der Waals surface area (Å²) in [7, 11) is 0. The maximum Gasteiger partial charge on any atom is 0.321 e. The molecule has 3 saturated heterocycles. The predicted octanol–water partition coefficient (Wildman–Crippen LogP) is 0.635. The number of hydrogen-bond donors (Lipinski definition) is 2. The third-order valence-electron chi connectivity index (χ3n) is 6.84. The Labute approximate surface area is 194 Å². The van der Waals surface area contributed by atoms with Crippen molar-refractivity contribution >= 4 is 29.6 Å². The first-order valence-electron chi connectivity index (χ1n) is 11.2. The van der Waals surface area contributed by atoms with E-state index in [9.17, 15) is 14.4 Å². The molecular weight excluding hydrogens is 452 g/mol. The second-order valence-corrected chi connectivity index (χ2v) is 8.99. The minimum absolute atomic E-state index is 0.133. The summed E-state index contributed by atoms with van der Waals surface area (Å²) in [5.41, 5.74) is -2.30. The summed E-state index contributed by atoms with van der Waals surface area (Å²) in [5.74, 6) is -3.81. The third-order valence-corrected chi connectivity index (χ3v) is 6.84. The number of rotatable bonds is 2. The van der Waals surface area contributed by atoms with Gasteiger partial charge in [0.25, 0.3) is 0 Å². The van der Waals surface area contributed by atoms with Crippen molar-refractivity contribution in [1.82, 2.24) is 15.6 Å². The smallest absolute Gasteiger partial charge is 0.321 e. The highest BCUT2D eigenvalue weighted by molar-refractivity contribution is 6.22. The molecule has 1 aromatic rings. The number of carbonyl (C=O) groups is 3. The van der Waals surface area contributed by atoms with Gasteiger partial charge < -0.3 is 19.7 Å². The molecule has 3 fully saturated rings. The monoisotopic (exact) mass is 477 g/mol. The minimum Gasteiger partial charge on any atom is -0.378 e. The summed E-state index contributed by atoms with van der Waals surface area (Å²) in [4.78, 5) is 40.4. The molecule has 4 aliphatic heterocycles. The lowest BCUT2D eigenvalue weighted by Crippen LogP contribution is -2.75. The van der Waals surface area contributed by atoms with Crippen molar-refractivity contribution < 1.29 is 32.6 Å². The number of anilines is 1. The number of fused-ring (bicyclic) bond motifs is 4. The van der Waals surface area contributed by atoms with Gasteiger partial charge in [0.2, 0.25) is 5.91 Å². The summed E-state index contributed by atoms with van der Waals surface area (Å²) < 4.78 is 41.9. The molecule has 4 atom stereocenters. The zero-order chi connectivity index (χ0) is 24.2. The van der Waals surface area contributed by atoms with Crippen molar-refractivity contribution in [2.24, 2.45) is 10.5 Å². The second-order valence-electron chi connectivity index (χ2n) is 8.99. The van der Waals surface area contributed by atoms with Crippen LogP contribution in [0, 0.1) is 17.0 Å². The highest BCUT2D eigenvalue weighted by atomic mass is 19.2. The van der Waals surface area contributed by atoms with Crippen LogP contribution in [0.2, 0.25) is 0 Å². The lowest BCUT2D eigenvalue weighted by molar-refractivity contribution is -0.134. The van der Waals surface area contributed by atoms with Gasteiger partial charge in [-0.3, -0.25) is 19.9 Å². The number of ketones is 1. The molecule has 4 aliphatic rings. The summed E-state index contributed by atoms with van der Waals surface area (Å²) in [6.45, 7) is 5.23. The Morgan fingerprint density at radius 3 is 2.62 bits per heavy atom. The number of amides is 3. The van der Waals surface area contributed by atoms with Crippen LogP contribution in [-0.2, 0) is 14.3 Å². The van der Waals surface area contributed by atoms with E-state index in [0.29, 0.717) is 26.3 Å². The SMILES string of the molecule is C[C@@H]1CN2c3c(cc(/C=N/N4CCOCC4)c(F)c3F)C(=O)C3(CNC(=O)NC3=O)[C@H]2[C@H](C)O1. The maximum atomic E-state index is 15.5. The number of nitrogens with zero attached hydrogens (tertiary/aromatic N) is 3. The molecule has 0 radical (unpaired) electrons. The number of carbonyl (C=O) groups excluding carboxylic acids is 3. The van der Waals surface area contributed by atoms with Crippen molar-refractivity contribution in [2.75, 3.05) is 44.3 Å². The van der Waals surface area contributed by atoms with Crippen LogP contribution in [0.3, 0.4) is 0 Å². The van der Waals surface area contributed by atoms with Crippen LogP contribution in [-0.4, -0.2) is 86.6 Å². The summed E-state index contributed by atoms with van der Waals surface area (Å²) in [6.07, 6.45) is 0.130. The fourth-order valence-corrected chi connectivity index (χ4v) is 5.38. The number of Topliss-reactive ketones (excluding diaryl/α,β-unsaturated/α-hetero) is 1. The molecule has 12 heteroatoms. The fourth-order valence-electron chi connectivity index (χ4n) is 5.38. The number of nitrogens with one attached hydrogen (secondary N) is 2. The molecule has 0 saturated carbocycles. The van der Waals surface area contributed by atoms with E-state index in [1.54, 1.807) is 18.9 Å². The Morgan fingerprint density at radius 1 is 1.18 bits per heavy atom. The second kappa shape index (κ2) is 8.27. The van der Waals surface area contributed by atoms with Gasteiger partial charge in [0.15, 0.2) is 22.8 Å². The Bertz CT molecular complexity index is 1090. The van der Waals surface area contributed by atoms with Crippen LogP contribution < -0.4 is 15.5 Å². The average Bonchev–Trinajstić information content (AvgIpc) is 2.80. The first kappa shape index (κ1) is 22.7. The van der Waals surface area contributed by atoms with Crippen molar-refractivity contribution in [3.05, 3.63) is 28.8 Å². The minimum atomic E-state index is -1.76. The maximum absolute atomic E-state index is 15.5. The topological polar surface area (TPSA) is 113 Å². The Balaban J connectivity index is 1.65. The molecule has 0 aromatic heterocycles. The van der Waals surface area contributed by atoms with Gasteiger partial charge in [0, 0.05) is 24.2 Å². The van der Waals surface area contributed by atoms with E-state index < -0.39 is 46.9 Å². The van der Waals surface area contributed by atoms with E-state index in [2.05, 4.69) is 15.7 Å². The van der Waals surface area contributed by atoms with Gasteiger partial charge in [-0.15, -0.1) is 0 Å². The number of hydrogen-bond acceptors (Lipinski definition) is 8. The van der Waals surface area contributed by atoms with Crippen LogP contribution >= 0.6 is 0 Å². The molecular formula is C22H25F2N5O5. The van der Waals surface area contributed by atoms with Crippen molar-refractivity contribution in [3.8, 4) is 0 Å². The van der Waals surface area contributed by atoms with Crippen molar-refractivity contribution in [3.63, 3.8) is 0 Å². The lowest BCUT2D eigenvalue weighted by atomic mass is 9.66. The van der Waals surface area contributed by atoms with E-state index in [1.807, 2.05) is 0 Å². The molecule has 34 heavy (non-hydrogen) atoms. The van der Waals surface area contributed by atoms with E-state index in [4.69, 9.17) is 9.47 Å². The number of hydrazone groups is 1. The Morgan fingerprint density at radius 2 is 1.91 bits per heavy atom. The fraction of sp³-hybridized carbons (Fsp3) is 0.545. The van der Waals surface area contributed by atoms with E-state index in [0.717, 1.165) is 0 Å². The average molecular weight is 477 g/mol. The number of ether oxygens (including phenoxy) is 2. The normalized spacial score (nSPS) is 31.4. The lowest BCUT2D eigenvalue weighted by Gasteiger charge is -2.55. The van der Waals surface area contributed by atoms with Gasteiger partial charge >= 0.3 is 6.03 Å². The molecule has 10 nitrogen and oxygen atoms in total. The molecule has 182 valence electrons. The molecule has 1 aromatic carbocycles. The zero-order valence-corrected chi connectivity index (χ0v) is 18.8. The summed E-state index contributed by atoms with van der Waals surface area (Å²) >= 11 is 0. The van der Waals surface area contributed by atoms with Crippen LogP contribution in [0.25, 0.3) is 0 Å². The first-order valence-corrected chi connectivity index (χ1v) is 11.2. The number of benzene rings is 1. The van der Waals surface area contributed by atoms with Crippen LogP contribution in [0.5, 0.6) is 0 Å². The third kappa shape index (κ3) is 3.35. The molecule has 0 bridgehead atoms. The first-order chi connectivity index (χ1) is 16.2. The molecule has 5 rings (SSSR count). The van der Waals surface area contributed by atoms with Gasteiger partial charge in [0.1, 0.15) is 0 Å². The number of imide groups is 1. The highest BCUT2D eigenvalue weighted by Crippen LogP contribution is 2.47. The molecule has 4 heterocycles. The molecule has 1 spiro atoms. The van der Waals surface area contributed by atoms with Crippen LogP contribution in [0.1, 0.15) is 29.8 Å². The van der Waals surface area contributed by atoms with Gasteiger partial charge in [0.05, 0.1) is 56.5 Å². The van der Waals surface area contributed by atoms with Crippen molar-refractivity contribution in [2.45, 2.75) is 32.1 Å². The van der Waals surface area contributed by atoms with Crippen LogP contribution in [0.15, 0.2) is 11.2 Å². The summed E-state index contributed by atoms with van der Waals surface area (Å²) in [6, 6.07) is -0.430. The van der Waals surface area contributed by atoms with Gasteiger partial charge in [-0.25, -0.2) is 13.6 Å². The van der Waals surface area contributed by atoms with Crippen molar-refractivity contribution in [1.29, 1.82) is 0 Å². The zero-order valence-electron chi connectivity index (χ0n) is 18.8. The Kier molecular flexibility index (Phi) is 5.52. The van der Waals surface area contributed by atoms with E-state index in [1.165, 1.54) is 17.2 Å². The largest absolute Gasteiger partial charge is 0.378 e. The summed E-state index contributed by atoms with van der Waals surface area (Å²) in [5, 5.41) is 10.6. The quantitative estimate of drug-likeness (QED) is 0.475. The standard InChI is InChI=1S/C22H25F2N5O5/c1-11-9-29-17-14(7-13(15(23)16(17)24)8-26-28-3-5-33-6-4-28)19(30)22(18(29)12(2)34-11)10-25-21(32)27-20(22)31/h7-8,11-12,18H,3-6,9-10H2,1-2H3,(H2,25,27,31,32)/b26-8+/t11-,12+,18-,22?/m1/s1. The molecule has 3 amide bonds. The van der Waals surface area contributed by atoms with E-state index >= 15 is 8.78 Å². The molecule has 2 N–H and O–H groups in total. The van der Waals surface area contributed by atoms with Gasteiger partial charge in [-0.05, 0) is 19.9 Å².